The van der Waals surface area contributed by atoms with E-state index in [0.29, 0.717) is 12.5 Å². The molecule has 0 bridgehead atoms. The molecule has 1 rings (SSSR count). The standard InChI is InChI=1S/C12H16F3NO3S/c1-2-10(17)6-7-16-20(18,19)11-5-3-4-9(8-11)12(13,14)15/h3-5,8,10,16-17H,2,6-7H2,1H3. The first kappa shape index (κ1) is 16.9. The second-order valence-corrected chi connectivity index (χ2v) is 6.04. The fraction of sp³-hybridized carbons (Fsp3) is 0.500. The molecule has 1 unspecified atom stereocenters. The predicted molar refractivity (Wildman–Crippen MR) is 67.5 cm³/mol. The lowest BCUT2D eigenvalue weighted by Gasteiger charge is -2.11. The number of sulfonamides is 1. The van der Waals surface area contributed by atoms with Crippen molar-refractivity contribution in [3.8, 4) is 0 Å². The summed E-state index contributed by atoms with van der Waals surface area (Å²) in [6, 6.07) is 3.52. The molecule has 0 amide bonds. The number of halogens is 3. The normalized spacial score (nSPS) is 14.2. The third-order valence-electron chi connectivity index (χ3n) is 2.71. The number of aliphatic hydroxyl groups is 1. The summed E-state index contributed by atoms with van der Waals surface area (Å²) in [7, 11) is -4.01. The van der Waals surface area contributed by atoms with Crippen molar-refractivity contribution in [3.05, 3.63) is 29.8 Å². The fourth-order valence-corrected chi connectivity index (χ4v) is 2.58. The molecule has 0 aromatic heterocycles. The Kier molecular flexibility index (Phi) is 5.55. The van der Waals surface area contributed by atoms with Gasteiger partial charge in [0.2, 0.25) is 10.0 Å². The minimum Gasteiger partial charge on any atom is -0.393 e. The summed E-state index contributed by atoms with van der Waals surface area (Å²) in [5.74, 6) is 0. The van der Waals surface area contributed by atoms with Crippen molar-refractivity contribution < 1.29 is 26.7 Å². The van der Waals surface area contributed by atoms with Crippen LogP contribution in [-0.4, -0.2) is 26.2 Å². The highest BCUT2D eigenvalue weighted by molar-refractivity contribution is 7.89. The van der Waals surface area contributed by atoms with Gasteiger partial charge in [0.05, 0.1) is 16.6 Å². The topological polar surface area (TPSA) is 66.4 Å². The molecule has 1 aromatic rings. The SMILES string of the molecule is CCC(O)CCNS(=O)(=O)c1cccc(C(F)(F)F)c1. The fourth-order valence-electron chi connectivity index (χ4n) is 1.49. The lowest BCUT2D eigenvalue weighted by Crippen LogP contribution is -2.27. The van der Waals surface area contributed by atoms with Crippen LogP contribution in [0.4, 0.5) is 13.2 Å². The summed E-state index contributed by atoms with van der Waals surface area (Å²) in [6.45, 7) is 1.71. The first-order valence-corrected chi connectivity index (χ1v) is 7.50. The highest BCUT2D eigenvalue weighted by atomic mass is 32.2. The molecule has 0 aliphatic heterocycles. The number of aliphatic hydroxyl groups excluding tert-OH is 1. The van der Waals surface area contributed by atoms with Gasteiger partial charge in [-0.1, -0.05) is 13.0 Å². The number of hydrogen-bond donors (Lipinski definition) is 2. The van der Waals surface area contributed by atoms with Crippen LogP contribution in [0.1, 0.15) is 25.3 Å². The Morgan fingerprint density at radius 1 is 1.35 bits per heavy atom. The van der Waals surface area contributed by atoms with Gasteiger partial charge in [-0.25, -0.2) is 13.1 Å². The quantitative estimate of drug-likeness (QED) is 0.846. The van der Waals surface area contributed by atoms with Crippen LogP contribution in [0.5, 0.6) is 0 Å². The lowest BCUT2D eigenvalue weighted by molar-refractivity contribution is -0.137. The third kappa shape index (κ3) is 4.77. The van der Waals surface area contributed by atoms with Gasteiger partial charge in [-0.3, -0.25) is 0 Å². The smallest absolute Gasteiger partial charge is 0.393 e. The highest BCUT2D eigenvalue weighted by Crippen LogP contribution is 2.30. The average Bonchev–Trinajstić information content (AvgIpc) is 2.37. The van der Waals surface area contributed by atoms with Crippen molar-refractivity contribution in [2.24, 2.45) is 0 Å². The maximum atomic E-state index is 12.5. The van der Waals surface area contributed by atoms with Crippen LogP contribution in [0.15, 0.2) is 29.2 Å². The maximum absolute atomic E-state index is 12.5. The highest BCUT2D eigenvalue weighted by Gasteiger charge is 2.31. The molecule has 0 heterocycles. The van der Waals surface area contributed by atoms with Gasteiger partial charge in [0, 0.05) is 6.54 Å². The summed E-state index contributed by atoms with van der Waals surface area (Å²) >= 11 is 0. The lowest BCUT2D eigenvalue weighted by atomic mass is 10.2. The molecule has 0 saturated carbocycles. The van der Waals surface area contributed by atoms with E-state index >= 15 is 0 Å². The molecule has 0 radical (unpaired) electrons. The molecule has 1 aromatic carbocycles. The summed E-state index contributed by atoms with van der Waals surface area (Å²) in [4.78, 5) is -0.446. The molecule has 2 N–H and O–H groups in total. The molecule has 1 atom stereocenters. The Morgan fingerprint density at radius 3 is 2.55 bits per heavy atom. The summed E-state index contributed by atoms with van der Waals surface area (Å²) in [5, 5.41) is 9.29. The van der Waals surface area contributed by atoms with Crippen LogP contribution in [0, 0.1) is 0 Å². The molecule has 0 aliphatic carbocycles. The maximum Gasteiger partial charge on any atom is 0.416 e. The number of benzene rings is 1. The van der Waals surface area contributed by atoms with Gasteiger partial charge in [-0.05, 0) is 31.0 Å². The van der Waals surface area contributed by atoms with Crippen LogP contribution in [-0.2, 0) is 16.2 Å². The molecule has 0 fully saturated rings. The van der Waals surface area contributed by atoms with Gasteiger partial charge < -0.3 is 5.11 Å². The van der Waals surface area contributed by atoms with E-state index in [2.05, 4.69) is 4.72 Å². The Balaban J connectivity index is 2.83. The average molecular weight is 311 g/mol. The number of rotatable bonds is 6. The molecule has 0 spiro atoms. The van der Waals surface area contributed by atoms with Crippen LogP contribution >= 0.6 is 0 Å². The van der Waals surface area contributed by atoms with Gasteiger partial charge in [-0.2, -0.15) is 13.2 Å². The van der Waals surface area contributed by atoms with E-state index in [1.54, 1.807) is 6.92 Å². The van der Waals surface area contributed by atoms with Crippen molar-refractivity contribution in [2.45, 2.75) is 36.9 Å². The second-order valence-electron chi connectivity index (χ2n) is 4.27. The molecule has 114 valence electrons. The van der Waals surface area contributed by atoms with Gasteiger partial charge in [0.15, 0.2) is 0 Å². The molecular formula is C12H16F3NO3S. The zero-order chi connectivity index (χ0) is 15.4. The van der Waals surface area contributed by atoms with Gasteiger partial charge >= 0.3 is 6.18 Å². The summed E-state index contributed by atoms with van der Waals surface area (Å²) in [5.41, 5.74) is -1.02. The minimum absolute atomic E-state index is 0.0341. The number of nitrogens with one attached hydrogen (secondary N) is 1. The van der Waals surface area contributed by atoms with Crippen molar-refractivity contribution in [2.75, 3.05) is 6.54 Å². The molecule has 4 nitrogen and oxygen atoms in total. The van der Waals surface area contributed by atoms with E-state index < -0.39 is 32.8 Å². The number of alkyl halides is 3. The largest absolute Gasteiger partial charge is 0.416 e. The van der Waals surface area contributed by atoms with E-state index in [1.807, 2.05) is 0 Å². The first-order valence-electron chi connectivity index (χ1n) is 6.02. The van der Waals surface area contributed by atoms with E-state index in [-0.39, 0.29) is 13.0 Å². The summed E-state index contributed by atoms with van der Waals surface area (Å²) in [6.07, 6.45) is -4.55. The van der Waals surface area contributed by atoms with Crippen molar-refractivity contribution in [3.63, 3.8) is 0 Å². The van der Waals surface area contributed by atoms with Crippen LogP contribution < -0.4 is 4.72 Å². The summed E-state index contributed by atoms with van der Waals surface area (Å²) < 4.78 is 63.3. The zero-order valence-corrected chi connectivity index (χ0v) is 11.6. The van der Waals surface area contributed by atoms with Crippen LogP contribution in [0.3, 0.4) is 0 Å². The Labute approximate surface area is 115 Å². The van der Waals surface area contributed by atoms with Crippen molar-refractivity contribution in [1.29, 1.82) is 0 Å². The Bertz CT molecular complexity index is 543. The van der Waals surface area contributed by atoms with Crippen LogP contribution in [0.2, 0.25) is 0 Å². The van der Waals surface area contributed by atoms with Gasteiger partial charge in [0.1, 0.15) is 0 Å². The van der Waals surface area contributed by atoms with E-state index in [9.17, 15) is 26.7 Å². The monoisotopic (exact) mass is 311 g/mol. The first-order chi connectivity index (χ1) is 9.16. The van der Waals surface area contributed by atoms with E-state index in [0.717, 1.165) is 18.2 Å². The van der Waals surface area contributed by atoms with Crippen LogP contribution in [0.25, 0.3) is 0 Å². The molecule has 8 heteroatoms. The zero-order valence-electron chi connectivity index (χ0n) is 10.8. The third-order valence-corrected chi connectivity index (χ3v) is 4.17. The second kappa shape index (κ2) is 6.55. The van der Waals surface area contributed by atoms with Gasteiger partial charge in [-0.15, -0.1) is 0 Å². The molecule has 20 heavy (non-hydrogen) atoms. The van der Waals surface area contributed by atoms with Gasteiger partial charge in [0.25, 0.3) is 0 Å². The Morgan fingerprint density at radius 2 is 2.00 bits per heavy atom. The predicted octanol–water partition coefficient (Wildman–Crippen LogP) is 2.14. The van der Waals surface area contributed by atoms with E-state index in [1.165, 1.54) is 0 Å². The Hall–Kier alpha value is -1.12. The molecule has 0 saturated heterocycles. The van der Waals surface area contributed by atoms with Crippen molar-refractivity contribution in [1.82, 2.24) is 4.72 Å². The van der Waals surface area contributed by atoms with E-state index in [4.69, 9.17) is 0 Å². The minimum atomic E-state index is -4.59. The molecular weight excluding hydrogens is 295 g/mol. The molecule has 0 aliphatic rings. The van der Waals surface area contributed by atoms with Crippen molar-refractivity contribution >= 4 is 10.0 Å². The number of hydrogen-bond acceptors (Lipinski definition) is 3.